The number of pyridine rings is 1. The van der Waals surface area contributed by atoms with Gasteiger partial charge in [0.1, 0.15) is 0 Å². The van der Waals surface area contributed by atoms with E-state index in [0.29, 0.717) is 13.1 Å². The first-order valence-corrected chi connectivity index (χ1v) is 8.71. The van der Waals surface area contributed by atoms with Crippen molar-refractivity contribution in [3.8, 4) is 16.9 Å². The van der Waals surface area contributed by atoms with E-state index in [-0.39, 0.29) is 6.10 Å². The highest BCUT2D eigenvalue weighted by atomic mass is 16.3. The van der Waals surface area contributed by atoms with Crippen molar-refractivity contribution in [3.63, 3.8) is 0 Å². The van der Waals surface area contributed by atoms with Crippen LogP contribution in [0.3, 0.4) is 0 Å². The Bertz CT molecular complexity index is 771. The highest BCUT2D eigenvalue weighted by Gasteiger charge is 2.13. The fourth-order valence-corrected chi connectivity index (χ4v) is 2.81. The summed E-state index contributed by atoms with van der Waals surface area (Å²) in [5.74, 6) is 0. The molecule has 0 radical (unpaired) electrons. The Hall–Kier alpha value is -2.50. The molecule has 5 nitrogen and oxygen atoms in total. The van der Waals surface area contributed by atoms with Crippen LogP contribution in [0.4, 0.5) is 0 Å². The number of aromatic nitrogens is 3. The summed E-state index contributed by atoms with van der Waals surface area (Å²) in [6.07, 6.45) is 7.11. The molecule has 0 fully saturated rings. The van der Waals surface area contributed by atoms with Gasteiger partial charge in [-0.15, -0.1) is 0 Å². The van der Waals surface area contributed by atoms with Gasteiger partial charge in [-0.05, 0) is 30.7 Å². The summed E-state index contributed by atoms with van der Waals surface area (Å²) in [6, 6.07) is 14.0. The van der Waals surface area contributed by atoms with E-state index in [1.807, 2.05) is 59.5 Å². The van der Waals surface area contributed by atoms with Gasteiger partial charge in [0.2, 0.25) is 0 Å². The molecule has 1 atom stereocenters. The van der Waals surface area contributed by atoms with Crippen LogP contribution in [-0.2, 0) is 6.54 Å². The molecule has 25 heavy (non-hydrogen) atoms. The summed E-state index contributed by atoms with van der Waals surface area (Å²) in [5, 5.41) is 18.0. The minimum absolute atomic E-state index is 0.309. The van der Waals surface area contributed by atoms with E-state index >= 15 is 0 Å². The zero-order valence-corrected chi connectivity index (χ0v) is 14.5. The number of nitrogens with one attached hydrogen (secondary N) is 1. The summed E-state index contributed by atoms with van der Waals surface area (Å²) < 4.78 is 1.89. The third-order valence-corrected chi connectivity index (χ3v) is 4.06. The molecule has 3 aromatic rings. The number of aliphatic hydroxyl groups is 1. The van der Waals surface area contributed by atoms with Gasteiger partial charge in [-0.25, -0.2) is 4.68 Å². The SMILES string of the molecule is CCCC(O)CNCc1cn(-c2ccccc2)nc1-c1cccnc1. The second-order valence-corrected chi connectivity index (χ2v) is 6.10. The second kappa shape index (κ2) is 8.55. The molecule has 2 aromatic heterocycles. The van der Waals surface area contributed by atoms with Gasteiger partial charge in [0.25, 0.3) is 0 Å². The molecule has 2 N–H and O–H groups in total. The van der Waals surface area contributed by atoms with Crippen LogP contribution >= 0.6 is 0 Å². The summed E-state index contributed by atoms with van der Waals surface area (Å²) in [4.78, 5) is 4.21. The molecule has 0 aliphatic heterocycles. The van der Waals surface area contributed by atoms with Crippen LogP contribution in [0, 0.1) is 0 Å². The fraction of sp³-hybridized carbons (Fsp3) is 0.300. The Morgan fingerprint density at radius 3 is 2.72 bits per heavy atom. The predicted molar refractivity (Wildman–Crippen MR) is 99.4 cm³/mol. The molecule has 0 saturated carbocycles. The van der Waals surface area contributed by atoms with Crippen molar-refractivity contribution in [1.29, 1.82) is 0 Å². The Balaban J connectivity index is 1.83. The average molecular weight is 336 g/mol. The minimum Gasteiger partial charge on any atom is -0.392 e. The number of para-hydroxylation sites is 1. The third kappa shape index (κ3) is 4.53. The Kier molecular flexibility index (Phi) is 5.93. The first kappa shape index (κ1) is 17.3. The molecule has 0 bridgehead atoms. The minimum atomic E-state index is -0.309. The average Bonchev–Trinajstić information content (AvgIpc) is 3.08. The van der Waals surface area contributed by atoms with E-state index < -0.39 is 0 Å². The van der Waals surface area contributed by atoms with E-state index in [4.69, 9.17) is 5.10 Å². The molecule has 0 amide bonds. The maximum atomic E-state index is 9.90. The van der Waals surface area contributed by atoms with Crippen molar-refractivity contribution in [2.75, 3.05) is 6.54 Å². The van der Waals surface area contributed by atoms with Gasteiger partial charge in [-0.2, -0.15) is 5.10 Å². The second-order valence-electron chi connectivity index (χ2n) is 6.10. The molecule has 0 saturated heterocycles. The Labute approximate surface area is 148 Å². The molecule has 2 heterocycles. The molecule has 3 rings (SSSR count). The van der Waals surface area contributed by atoms with Crippen LogP contribution in [0.2, 0.25) is 0 Å². The molecular weight excluding hydrogens is 312 g/mol. The maximum Gasteiger partial charge on any atom is 0.0988 e. The van der Waals surface area contributed by atoms with E-state index in [1.165, 1.54) is 0 Å². The number of hydrogen-bond acceptors (Lipinski definition) is 4. The van der Waals surface area contributed by atoms with Gasteiger partial charge in [-0.1, -0.05) is 31.5 Å². The lowest BCUT2D eigenvalue weighted by Gasteiger charge is -2.10. The molecule has 0 aliphatic rings. The highest BCUT2D eigenvalue weighted by molar-refractivity contribution is 5.62. The first-order chi connectivity index (χ1) is 12.3. The molecule has 0 aliphatic carbocycles. The topological polar surface area (TPSA) is 63.0 Å². The normalized spacial score (nSPS) is 12.2. The van der Waals surface area contributed by atoms with E-state index in [9.17, 15) is 5.11 Å². The Morgan fingerprint density at radius 1 is 1.16 bits per heavy atom. The lowest BCUT2D eigenvalue weighted by molar-refractivity contribution is 0.160. The van der Waals surface area contributed by atoms with Crippen molar-refractivity contribution in [3.05, 3.63) is 66.6 Å². The Morgan fingerprint density at radius 2 is 2.00 bits per heavy atom. The summed E-state index contributed by atoms with van der Waals surface area (Å²) in [7, 11) is 0. The van der Waals surface area contributed by atoms with Crippen LogP contribution in [0.5, 0.6) is 0 Å². The van der Waals surface area contributed by atoms with Crippen molar-refractivity contribution >= 4 is 0 Å². The van der Waals surface area contributed by atoms with E-state index in [1.54, 1.807) is 6.20 Å². The molecular formula is C20H24N4O. The van der Waals surface area contributed by atoms with Gasteiger partial charge < -0.3 is 10.4 Å². The molecule has 5 heteroatoms. The number of benzene rings is 1. The lowest BCUT2D eigenvalue weighted by atomic mass is 10.1. The number of aliphatic hydroxyl groups excluding tert-OH is 1. The molecule has 0 spiro atoms. The van der Waals surface area contributed by atoms with Crippen LogP contribution in [0.15, 0.2) is 61.1 Å². The number of nitrogens with zero attached hydrogens (tertiary/aromatic N) is 3. The van der Waals surface area contributed by atoms with Crippen molar-refractivity contribution in [2.24, 2.45) is 0 Å². The zero-order chi connectivity index (χ0) is 17.5. The van der Waals surface area contributed by atoms with Crippen LogP contribution in [-0.4, -0.2) is 32.5 Å². The van der Waals surface area contributed by atoms with Gasteiger partial charge in [0.15, 0.2) is 0 Å². The first-order valence-electron chi connectivity index (χ1n) is 8.71. The maximum absolute atomic E-state index is 9.90. The standard InChI is InChI=1S/C20H24N4O/c1-2-7-19(25)14-22-13-17-15-24(18-9-4-3-5-10-18)23-20(17)16-8-6-11-21-12-16/h3-6,8-12,15,19,22,25H,2,7,13-14H2,1H3. The predicted octanol–water partition coefficient (Wildman–Crippen LogP) is 3.18. The van der Waals surface area contributed by atoms with Gasteiger partial charge >= 0.3 is 0 Å². The van der Waals surface area contributed by atoms with Gasteiger partial charge in [0, 0.05) is 42.8 Å². The molecule has 1 aromatic carbocycles. The number of hydrogen-bond donors (Lipinski definition) is 2. The van der Waals surface area contributed by atoms with Crippen molar-refractivity contribution in [1.82, 2.24) is 20.1 Å². The summed E-state index contributed by atoms with van der Waals surface area (Å²) in [5.41, 5.74) is 4.00. The van der Waals surface area contributed by atoms with Crippen molar-refractivity contribution < 1.29 is 5.11 Å². The molecule has 1 unspecified atom stereocenters. The van der Waals surface area contributed by atoms with E-state index in [0.717, 1.165) is 35.3 Å². The number of rotatable bonds is 8. The van der Waals surface area contributed by atoms with Crippen LogP contribution < -0.4 is 5.32 Å². The van der Waals surface area contributed by atoms with Gasteiger partial charge in [0.05, 0.1) is 17.5 Å². The lowest BCUT2D eigenvalue weighted by Crippen LogP contribution is -2.26. The molecule has 130 valence electrons. The van der Waals surface area contributed by atoms with Crippen LogP contribution in [0.25, 0.3) is 16.9 Å². The monoisotopic (exact) mass is 336 g/mol. The van der Waals surface area contributed by atoms with Gasteiger partial charge in [-0.3, -0.25) is 4.98 Å². The highest BCUT2D eigenvalue weighted by Crippen LogP contribution is 2.23. The summed E-state index contributed by atoms with van der Waals surface area (Å²) >= 11 is 0. The fourth-order valence-electron chi connectivity index (χ4n) is 2.81. The summed E-state index contributed by atoms with van der Waals surface area (Å²) in [6.45, 7) is 3.31. The third-order valence-electron chi connectivity index (χ3n) is 4.06. The quantitative estimate of drug-likeness (QED) is 0.663. The smallest absolute Gasteiger partial charge is 0.0988 e. The largest absolute Gasteiger partial charge is 0.392 e. The van der Waals surface area contributed by atoms with Crippen LogP contribution in [0.1, 0.15) is 25.3 Å². The zero-order valence-electron chi connectivity index (χ0n) is 14.5. The van der Waals surface area contributed by atoms with E-state index in [2.05, 4.69) is 17.2 Å². The van der Waals surface area contributed by atoms with Crippen molar-refractivity contribution in [2.45, 2.75) is 32.4 Å².